The summed E-state index contributed by atoms with van der Waals surface area (Å²) in [5.74, 6) is 0. The molecule has 0 radical (unpaired) electrons. The molecule has 2 atom stereocenters. The molecule has 14 heavy (non-hydrogen) atoms. The SMILES string of the molecule is C[C@@H](NCC1(C)CO1)c1ccccc1. The normalized spacial score (nSPS) is 27.3. The number of benzene rings is 1. The summed E-state index contributed by atoms with van der Waals surface area (Å²) in [6.07, 6.45) is 0. The van der Waals surface area contributed by atoms with Gasteiger partial charge in [-0.3, -0.25) is 0 Å². The Morgan fingerprint density at radius 3 is 2.64 bits per heavy atom. The molecule has 0 amide bonds. The predicted molar refractivity (Wildman–Crippen MR) is 57.2 cm³/mol. The van der Waals surface area contributed by atoms with Gasteiger partial charge in [-0.15, -0.1) is 0 Å². The Kier molecular flexibility index (Phi) is 2.57. The average Bonchev–Trinajstić information content (AvgIpc) is 2.95. The number of epoxide rings is 1. The molecule has 0 bridgehead atoms. The van der Waals surface area contributed by atoms with Crippen LogP contribution in [0.4, 0.5) is 0 Å². The van der Waals surface area contributed by atoms with Crippen LogP contribution in [0.1, 0.15) is 25.5 Å². The van der Waals surface area contributed by atoms with E-state index in [-0.39, 0.29) is 5.60 Å². The highest BCUT2D eigenvalue weighted by Gasteiger charge is 2.38. The minimum atomic E-state index is 0.100. The molecule has 0 saturated carbocycles. The van der Waals surface area contributed by atoms with E-state index >= 15 is 0 Å². The van der Waals surface area contributed by atoms with Crippen LogP contribution in [0.2, 0.25) is 0 Å². The van der Waals surface area contributed by atoms with E-state index in [0.29, 0.717) is 6.04 Å². The third-order valence-electron chi connectivity index (χ3n) is 2.72. The fourth-order valence-electron chi connectivity index (χ4n) is 1.45. The highest BCUT2D eigenvalue weighted by molar-refractivity contribution is 5.18. The fraction of sp³-hybridized carbons (Fsp3) is 0.500. The van der Waals surface area contributed by atoms with E-state index in [9.17, 15) is 0 Å². The molecule has 1 N–H and O–H groups in total. The highest BCUT2D eigenvalue weighted by Crippen LogP contribution is 2.25. The van der Waals surface area contributed by atoms with Gasteiger partial charge in [-0.2, -0.15) is 0 Å². The lowest BCUT2D eigenvalue weighted by molar-refractivity contribution is 0.305. The van der Waals surface area contributed by atoms with Gasteiger partial charge in [0.25, 0.3) is 0 Å². The van der Waals surface area contributed by atoms with E-state index < -0.39 is 0 Å². The third-order valence-corrected chi connectivity index (χ3v) is 2.72. The molecule has 1 aromatic carbocycles. The van der Waals surface area contributed by atoms with Crippen molar-refractivity contribution >= 4 is 0 Å². The number of hydrogen-bond donors (Lipinski definition) is 1. The number of rotatable bonds is 4. The smallest absolute Gasteiger partial charge is 0.101 e. The van der Waals surface area contributed by atoms with E-state index in [1.165, 1.54) is 5.56 Å². The summed E-state index contributed by atoms with van der Waals surface area (Å²) in [4.78, 5) is 0. The van der Waals surface area contributed by atoms with Gasteiger partial charge in [0.15, 0.2) is 0 Å². The summed E-state index contributed by atoms with van der Waals surface area (Å²) in [7, 11) is 0. The summed E-state index contributed by atoms with van der Waals surface area (Å²) in [6, 6.07) is 10.9. The molecule has 1 aliphatic heterocycles. The molecule has 1 aliphatic rings. The number of ether oxygens (including phenoxy) is 1. The van der Waals surface area contributed by atoms with Crippen molar-refractivity contribution in [2.24, 2.45) is 0 Å². The Bertz CT molecular complexity index is 292. The van der Waals surface area contributed by atoms with Gasteiger partial charge in [0, 0.05) is 12.6 Å². The van der Waals surface area contributed by atoms with Crippen molar-refractivity contribution in [2.45, 2.75) is 25.5 Å². The minimum Gasteiger partial charge on any atom is -0.369 e. The zero-order valence-electron chi connectivity index (χ0n) is 8.79. The zero-order valence-corrected chi connectivity index (χ0v) is 8.79. The molecule has 1 unspecified atom stereocenters. The average molecular weight is 191 g/mol. The largest absolute Gasteiger partial charge is 0.369 e. The van der Waals surface area contributed by atoms with E-state index in [0.717, 1.165) is 13.2 Å². The molecule has 1 fully saturated rings. The molecular weight excluding hydrogens is 174 g/mol. The van der Waals surface area contributed by atoms with Crippen LogP contribution in [-0.4, -0.2) is 18.8 Å². The lowest BCUT2D eigenvalue weighted by Gasteiger charge is -2.15. The monoisotopic (exact) mass is 191 g/mol. The molecule has 2 rings (SSSR count). The first-order chi connectivity index (χ1) is 6.70. The lowest BCUT2D eigenvalue weighted by atomic mass is 10.1. The van der Waals surface area contributed by atoms with Crippen LogP contribution in [0, 0.1) is 0 Å². The summed E-state index contributed by atoms with van der Waals surface area (Å²) in [6.45, 7) is 6.14. The molecule has 1 saturated heterocycles. The molecular formula is C12H17NO. The van der Waals surface area contributed by atoms with Crippen molar-refractivity contribution in [3.63, 3.8) is 0 Å². The van der Waals surface area contributed by atoms with Crippen LogP contribution in [0.25, 0.3) is 0 Å². The maximum Gasteiger partial charge on any atom is 0.101 e. The van der Waals surface area contributed by atoms with Crippen LogP contribution < -0.4 is 5.32 Å². The highest BCUT2D eigenvalue weighted by atomic mass is 16.6. The Morgan fingerprint density at radius 1 is 1.43 bits per heavy atom. The van der Waals surface area contributed by atoms with E-state index in [2.05, 4.69) is 43.4 Å². The maximum atomic E-state index is 5.32. The van der Waals surface area contributed by atoms with Gasteiger partial charge in [0.1, 0.15) is 5.60 Å². The Morgan fingerprint density at radius 2 is 2.07 bits per heavy atom. The van der Waals surface area contributed by atoms with Crippen LogP contribution in [-0.2, 0) is 4.74 Å². The van der Waals surface area contributed by atoms with Crippen LogP contribution in [0.15, 0.2) is 30.3 Å². The third kappa shape index (κ3) is 2.34. The minimum absolute atomic E-state index is 0.100. The molecule has 0 spiro atoms. The van der Waals surface area contributed by atoms with Crippen LogP contribution >= 0.6 is 0 Å². The zero-order chi connectivity index (χ0) is 10.0. The second-order valence-electron chi connectivity index (χ2n) is 4.25. The predicted octanol–water partition coefficient (Wildman–Crippen LogP) is 2.13. The van der Waals surface area contributed by atoms with Crippen molar-refractivity contribution < 1.29 is 4.74 Å². The van der Waals surface area contributed by atoms with Crippen molar-refractivity contribution in [3.05, 3.63) is 35.9 Å². The van der Waals surface area contributed by atoms with Gasteiger partial charge in [-0.05, 0) is 19.4 Å². The van der Waals surface area contributed by atoms with Crippen LogP contribution in [0.5, 0.6) is 0 Å². The topological polar surface area (TPSA) is 24.6 Å². The first-order valence-corrected chi connectivity index (χ1v) is 5.12. The van der Waals surface area contributed by atoms with Gasteiger partial charge in [-0.25, -0.2) is 0 Å². The number of hydrogen-bond acceptors (Lipinski definition) is 2. The summed E-state index contributed by atoms with van der Waals surface area (Å²) in [5.41, 5.74) is 1.43. The van der Waals surface area contributed by atoms with Gasteiger partial charge in [-0.1, -0.05) is 30.3 Å². The van der Waals surface area contributed by atoms with Crippen molar-refractivity contribution in [1.29, 1.82) is 0 Å². The van der Waals surface area contributed by atoms with E-state index in [1.54, 1.807) is 0 Å². The molecule has 1 heterocycles. The second-order valence-corrected chi connectivity index (χ2v) is 4.25. The number of nitrogens with one attached hydrogen (secondary N) is 1. The van der Waals surface area contributed by atoms with Gasteiger partial charge >= 0.3 is 0 Å². The van der Waals surface area contributed by atoms with Crippen LogP contribution in [0.3, 0.4) is 0 Å². The van der Waals surface area contributed by atoms with Crippen molar-refractivity contribution in [1.82, 2.24) is 5.32 Å². The molecule has 0 aromatic heterocycles. The molecule has 76 valence electrons. The van der Waals surface area contributed by atoms with E-state index in [1.807, 2.05) is 6.07 Å². The standard InChI is InChI=1S/C12H17NO/c1-10(11-6-4-3-5-7-11)13-8-12(2)9-14-12/h3-7,10,13H,8-9H2,1-2H3/t10-,12?/m1/s1. The summed E-state index contributed by atoms with van der Waals surface area (Å²) >= 11 is 0. The first-order valence-electron chi connectivity index (χ1n) is 5.12. The quantitative estimate of drug-likeness (QED) is 0.737. The molecule has 2 heteroatoms. The molecule has 2 nitrogen and oxygen atoms in total. The maximum absolute atomic E-state index is 5.32. The van der Waals surface area contributed by atoms with Crippen molar-refractivity contribution in [2.75, 3.05) is 13.2 Å². The van der Waals surface area contributed by atoms with E-state index in [4.69, 9.17) is 4.74 Å². The Balaban J connectivity index is 1.86. The summed E-state index contributed by atoms with van der Waals surface area (Å²) < 4.78 is 5.32. The molecule has 1 aromatic rings. The first kappa shape index (κ1) is 9.69. The second kappa shape index (κ2) is 3.71. The Labute approximate surface area is 85.3 Å². The van der Waals surface area contributed by atoms with Gasteiger partial charge < -0.3 is 10.1 Å². The van der Waals surface area contributed by atoms with Gasteiger partial charge in [0.05, 0.1) is 6.61 Å². The molecule has 0 aliphatic carbocycles. The summed E-state index contributed by atoms with van der Waals surface area (Å²) in [5, 5.41) is 3.48. The fourth-order valence-corrected chi connectivity index (χ4v) is 1.45. The lowest BCUT2D eigenvalue weighted by Crippen LogP contribution is -2.29. The van der Waals surface area contributed by atoms with Crippen molar-refractivity contribution in [3.8, 4) is 0 Å². The van der Waals surface area contributed by atoms with Gasteiger partial charge in [0.2, 0.25) is 0 Å². The Hall–Kier alpha value is -0.860.